The Morgan fingerprint density at radius 2 is 1.26 bits per heavy atom. The van der Waals surface area contributed by atoms with E-state index in [4.69, 9.17) is 0 Å². The lowest BCUT2D eigenvalue weighted by Gasteiger charge is -2.08. The van der Waals surface area contributed by atoms with Gasteiger partial charge in [-0.25, -0.2) is 0 Å². The number of pyridine rings is 2. The van der Waals surface area contributed by atoms with Crippen LogP contribution in [0.15, 0.2) is 85.2 Å². The van der Waals surface area contributed by atoms with Crippen LogP contribution in [0.5, 0.6) is 0 Å². The standard InChI is InChI=1S/C26H15N3O2/c30-25-21-10-9-18(13-22(21)26(31)29-25)15-3-5-16(6-4-15)20-12-19-8-7-17-2-1-11-27-23(17)24(19)28-14-20/h1-14H,(H,29,30,31). The third kappa shape index (κ3) is 2.79. The Bertz CT molecular complexity index is 1540. The highest BCUT2D eigenvalue weighted by atomic mass is 16.2. The van der Waals surface area contributed by atoms with Gasteiger partial charge in [-0.2, -0.15) is 0 Å². The maximum Gasteiger partial charge on any atom is 0.258 e. The fourth-order valence-corrected chi connectivity index (χ4v) is 4.10. The van der Waals surface area contributed by atoms with Crippen LogP contribution in [0.3, 0.4) is 0 Å². The highest BCUT2D eigenvalue weighted by Gasteiger charge is 2.26. The van der Waals surface area contributed by atoms with Gasteiger partial charge < -0.3 is 0 Å². The molecular formula is C26H15N3O2. The van der Waals surface area contributed by atoms with Crippen LogP contribution in [0.25, 0.3) is 44.1 Å². The fourth-order valence-electron chi connectivity index (χ4n) is 4.10. The third-order valence-corrected chi connectivity index (χ3v) is 5.71. The van der Waals surface area contributed by atoms with Crippen molar-refractivity contribution in [3.63, 3.8) is 0 Å². The molecule has 5 heteroatoms. The molecule has 146 valence electrons. The molecule has 0 saturated heterocycles. The first kappa shape index (κ1) is 17.5. The van der Waals surface area contributed by atoms with Crippen molar-refractivity contribution < 1.29 is 9.59 Å². The van der Waals surface area contributed by atoms with E-state index in [2.05, 4.69) is 33.5 Å². The van der Waals surface area contributed by atoms with Gasteiger partial charge in [-0.3, -0.25) is 24.9 Å². The smallest absolute Gasteiger partial charge is 0.258 e. The number of carbonyl (C=O) groups excluding carboxylic acids is 2. The number of aromatic nitrogens is 2. The number of nitrogens with one attached hydrogen (secondary N) is 1. The molecule has 2 aromatic heterocycles. The van der Waals surface area contributed by atoms with Crippen LogP contribution >= 0.6 is 0 Å². The minimum Gasteiger partial charge on any atom is -0.288 e. The van der Waals surface area contributed by atoms with E-state index < -0.39 is 0 Å². The second-order valence-electron chi connectivity index (χ2n) is 7.56. The van der Waals surface area contributed by atoms with Crippen molar-refractivity contribution in [3.05, 3.63) is 96.3 Å². The molecule has 5 nitrogen and oxygen atoms in total. The Hall–Kier alpha value is -4.38. The van der Waals surface area contributed by atoms with Crippen molar-refractivity contribution in [2.45, 2.75) is 0 Å². The molecular weight excluding hydrogens is 386 g/mol. The monoisotopic (exact) mass is 401 g/mol. The summed E-state index contributed by atoms with van der Waals surface area (Å²) in [5.74, 6) is -0.684. The summed E-state index contributed by atoms with van der Waals surface area (Å²) in [5, 5.41) is 4.44. The predicted octanol–water partition coefficient (Wildman–Crippen LogP) is 5.00. The van der Waals surface area contributed by atoms with Crippen LogP contribution in [0.1, 0.15) is 20.7 Å². The molecule has 6 rings (SSSR count). The third-order valence-electron chi connectivity index (χ3n) is 5.71. The van der Waals surface area contributed by atoms with Crippen molar-refractivity contribution in [2.75, 3.05) is 0 Å². The Kier molecular flexibility index (Phi) is 3.70. The Labute approximate surface area is 177 Å². The number of rotatable bonds is 2. The van der Waals surface area contributed by atoms with Crippen molar-refractivity contribution in [3.8, 4) is 22.3 Å². The number of nitrogens with zero attached hydrogens (tertiary/aromatic N) is 2. The number of carbonyl (C=O) groups is 2. The molecule has 0 saturated carbocycles. The lowest BCUT2D eigenvalue weighted by atomic mass is 9.97. The molecule has 1 N–H and O–H groups in total. The summed E-state index contributed by atoms with van der Waals surface area (Å²) < 4.78 is 0. The van der Waals surface area contributed by atoms with Crippen LogP contribution in [0, 0.1) is 0 Å². The molecule has 3 heterocycles. The maximum absolute atomic E-state index is 11.9. The maximum atomic E-state index is 11.9. The first-order valence-electron chi connectivity index (χ1n) is 9.91. The van der Waals surface area contributed by atoms with Crippen LogP contribution in [0.4, 0.5) is 0 Å². The molecule has 0 fully saturated rings. The zero-order valence-electron chi connectivity index (χ0n) is 16.3. The van der Waals surface area contributed by atoms with Crippen LogP contribution < -0.4 is 5.32 Å². The Morgan fingerprint density at radius 1 is 0.581 bits per heavy atom. The zero-order chi connectivity index (χ0) is 20.9. The van der Waals surface area contributed by atoms with Crippen molar-refractivity contribution in [1.82, 2.24) is 15.3 Å². The average molecular weight is 401 g/mol. The molecule has 0 atom stereocenters. The van der Waals surface area contributed by atoms with Crippen molar-refractivity contribution >= 4 is 33.6 Å². The number of amides is 2. The summed E-state index contributed by atoms with van der Waals surface area (Å²) in [6.45, 7) is 0. The van der Waals surface area contributed by atoms with E-state index in [1.54, 1.807) is 18.3 Å². The second kappa shape index (κ2) is 6.57. The molecule has 1 aliphatic rings. The topological polar surface area (TPSA) is 72.0 Å². The largest absolute Gasteiger partial charge is 0.288 e. The van der Waals surface area contributed by atoms with E-state index >= 15 is 0 Å². The van der Waals surface area contributed by atoms with E-state index in [1.165, 1.54) is 0 Å². The number of fused-ring (bicyclic) bond motifs is 4. The van der Waals surface area contributed by atoms with Gasteiger partial charge in [0.15, 0.2) is 0 Å². The number of hydrogen-bond acceptors (Lipinski definition) is 4. The minimum atomic E-state index is -0.345. The van der Waals surface area contributed by atoms with Gasteiger partial charge in [-0.1, -0.05) is 48.5 Å². The summed E-state index contributed by atoms with van der Waals surface area (Å²) in [7, 11) is 0. The van der Waals surface area contributed by atoms with Gasteiger partial charge >= 0.3 is 0 Å². The summed E-state index contributed by atoms with van der Waals surface area (Å²) in [5.41, 5.74) is 6.58. The Balaban J connectivity index is 1.37. The van der Waals surface area contributed by atoms with Gasteiger partial charge in [0, 0.05) is 28.7 Å². The fraction of sp³-hybridized carbons (Fsp3) is 0. The van der Waals surface area contributed by atoms with E-state index in [0.29, 0.717) is 11.1 Å². The molecule has 5 aromatic rings. The van der Waals surface area contributed by atoms with Crippen molar-refractivity contribution in [2.24, 2.45) is 0 Å². The Morgan fingerprint density at radius 3 is 2.10 bits per heavy atom. The summed E-state index contributed by atoms with van der Waals surface area (Å²) in [6.07, 6.45) is 3.66. The first-order valence-corrected chi connectivity index (χ1v) is 9.91. The lowest BCUT2D eigenvalue weighted by Crippen LogP contribution is -2.19. The molecule has 1 aliphatic heterocycles. The normalized spacial score (nSPS) is 12.9. The summed E-state index contributed by atoms with van der Waals surface area (Å²) in [6, 6.07) is 23.6. The van der Waals surface area contributed by atoms with E-state index in [0.717, 1.165) is 44.1 Å². The van der Waals surface area contributed by atoms with Gasteiger partial charge in [-0.15, -0.1) is 0 Å². The quantitative estimate of drug-likeness (QED) is 0.334. The molecule has 0 spiro atoms. The molecule has 3 aromatic carbocycles. The molecule has 2 amide bonds. The highest BCUT2D eigenvalue weighted by Crippen LogP contribution is 2.30. The number of imide groups is 1. The molecule has 0 radical (unpaired) electrons. The minimum absolute atomic E-state index is 0.339. The number of hydrogen-bond donors (Lipinski definition) is 1. The molecule has 0 aliphatic carbocycles. The summed E-state index contributed by atoms with van der Waals surface area (Å²) >= 11 is 0. The number of benzene rings is 3. The highest BCUT2D eigenvalue weighted by molar-refractivity contribution is 6.21. The van der Waals surface area contributed by atoms with Gasteiger partial charge in [0.25, 0.3) is 11.8 Å². The van der Waals surface area contributed by atoms with Gasteiger partial charge in [0.2, 0.25) is 0 Å². The molecule has 31 heavy (non-hydrogen) atoms. The summed E-state index contributed by atoms with van der Waals surface area (Å²) in [4.78, 5) is 32.9. The average Bonchev–Trinajstić information content (AvgIpc) is 3.11. The van der Waals surface area contributed by atoms with Gasteiger partial charge in [-0.05, 0) is 41.0 Å². The first-order chi connectivity index (χ1) is 15.2. The second-order valence-corrected chi connectivity index (χ2v) is 7.56. The molecule has 0 bridgehead atoms. The van der Waals surface area contributed by atoms with E-state index in [9.17, 15) is 9.59 Å². The van der Waals surface area contributed by atoms with Gasteiger partial charge in [0.1, 0.15) is 0 Å². The molecule has 0 unspecified atom stereocenters. The van der Waals surface area contributed by atoms with E-state index in [1.807, 2.05) is 48.7 Å². The van der Waals surface area contributed by atoms with E-state index in [-0.39, 0.29) is 11.8 Å². The van der Waals surface area contributed by atoms with Crippen LogP contribution in [-0.2, 0) is 0 Å². The van der Waals surface area contributed by atoms with Crippen LogP contribution in [0.2, 0.25) is 0 Å². The van der Waals surface area contributed by atoms with Crippen LogP contribution in [-0.4, -0.2) is 21.8 Å². The van der Waals surface area contributed by atoms with Crippen molar-refractivity contribution in [1.29, 1.82) is 0 Å². The predicted molar refractivity (Wildman–Crippen MR) is 120 cm³/mol. The van der Waals surface area contributed by atoms with Gasteiger partial charge in [0.05, 0.1) is 22.2 Å². The SMILES string of the molecule is O=C1NC(=O)c2cc(-c3ccc(-c4cnc5c(ccc6cccnc65)c4)cc3)ccc21. The lowest BCUT2D eigenvalue weighted by molar-refractivity contribution is 0.0879. The zero-order valence-corrected chi connectivity index (χ0v) is 16.3.